The van der Waals surface area contributed by atoms with Gasteiger partial charge in [0.2, 0.25) is 5.13 Å². The van der Waals surface area contributed by atoms with Gasteiger partial charge in [-0.2, -0.15) is 4.99 Å². The minimum absolute atomic E-state index is 0.0404. The van der Waals surface area contributed by atoms with Gasteiger partial charge < -0.3 is 5.32 Å². The van der Waals surface area contributed by atoms with Gasteiger partial charge in [-0.1, -0.05) is 34.8 Å². The molecule has 0 atom stereocenters. The van der Waals surface area contributed by atoms with Gasteiger partial charge in [-0.3, -0.25) is 14.9 Å². The minimum Gasteiger partial charge on any atom is -0.300 e. The van der Waals surface area contributed by atoms with Crippen LogP contribution in [0.1, 0.15) is 4.88 Å². The lowest BCUT2D eigenvalue weighted by molar-refractivity contribution is -0.380. The lowest BCUT2D eigenvalue weighted by Crippen LogP contribution is -2.19. The number of fused-ring (bicyclic) bond motifs is 1. The maximum atomic E-state index is 12.1. The SMILES string of the molecule is O=C1NC(=Nc2nc3ccccc3s2)S/C1=C\c1ccc([N+](=O)[O-])s1. The normalized spacial score (nSPS) is 17.5. The van der Waals surface area contributed by atoms with Crippen LogP contribution in [-0.4, -0.2) is 21.0 Å². The lowest BCUT2D eigenvalue weighted by atomic mass is 10.3. The number of carbonyl (C=O) groups is 1. The average molecular weight is 388 g/mol. The molecule has 4 rings (SSSR count). The standard InChI is InChI=1S/C15H8N4O3S3/c20-13-11(7-8-5-6-12(23-8)19(21)22)25-15(17-13)18-14-16-9-3-1-2-4-10(9)24-14/h1-7H,(H,16,17,18,20)/b11-7-. The maximum Gasteiger partial charge on any atom is 0.324 e. The number of nitrogens with one attached hydrogen (secondary N) is 1. The molecule has 1 aliphatic heterocycles. The Morgan fingerprint density at radius 3 is 2.80 bits per heavy atom. The zero-order chi connectivity index (χ0) is 17.4. The molecular formula is C15H8N4O3S3. The molecule has 1 aliphatic rings. The summed E-state index contributed by atoms with van der Waals surface area (Å²) in [6.07, 6.45) is 1.62. The molecule has 25 heavy (non-hydrogen) atoms. The first-order valence-electron chi connectivity index (χ1n) is 6.98. The van der Waals surface area contributed by atoms with E-state index in [4.69, 9.17) is 0 Å². The van der Waals surface area contributed by atoms with E-state index in [1.807, 2.05) is 24.3 Å². The van der Waals surface area contributed by atoms with E-state index in [1.54, 1.807) is 12.1 Å². The molecule has 124 valence electrons. The van der Waals surface area contributed by atoms with E-state index in [0.717, 1.165) is 21.6 Å². The molecule has 1 saturated heterocycles. The maximum absolute atomic E-state index is 12.1. The van der Waals surface area contributed by atoms with E-state index in [-0.39, 0.29) is 10.9 Å². The highest BCUT2D eigenvalue weighted by molar-refractivity contribution is 8.18. The van der Waals surface area contributed by atoms with Crippen LogP contribution < -0.4 is 5.32 Å². The fourth-order valence-electron chi connectivity index (χ4n) is 2.12. The van der Waals surface area contributed by atoms with Crippen LogP contribution in [0.2, 0.25) is 0 Å². The van der Waals surface area contributed by atoms with Gasteiger partial charge in [-0.15, -0.1) is 0 Å². The number of rotatable bonds is 3. The van der Waals surface area contributed by atoms with Crippen molar-refractivity contribution in [2.24, 2.45) is 4.99 Å². The molecule has 0 radical (unpaired) electrons. The van der Waals surface area contributed by atoms with E-state index in [1.165, 1.54) is 29.2 Å². The van der Waals surface area contributed by atoms with E-state index < -0.39 is 4.92 Å². The highest BCUT2D eigenvalue weighted by atomic mass is 32.2. The second kappa shape index (κ2) is 6.39. The molecule has 1 amide bonds. The Morgan fingerprint density at radius 1 is 1.20 bits per heavy atom. The van der Waals surface area contributed by atoms with Gasteiger partial charge in [0.25, 0.3) is 5.91 Å². The number of nitrogens with zero attached hydrogens (tertiary/aromatic N) is 3. The Labute approximate surface area is 153 Å². The summed E-state index contributed by atoms with van der Waals surface area (Å²) in [6, 6.07) is 10.8. The van der Waals surface area contributed by atoms with Crippen molar-refractivity contribution < 1.29 is 9.72 Å². The molecule has 3 heterocycles. The minimum atomic E-state index is -0.450. The van der Waals surface area contributed by atoms with Crippen molar-refractivity contribution in [3.8, 4) is 0 Å². The predicted octanol–water partition coefficient (Wildman–Crippen LogP) is 4.16. The number of thiazole rings is 1. The Hall–Kier alpha value is -2.56. The van der Waals surface area contributed by atoms with Crippen LogP contribution in [0.25, 0.3) is 16.3 Å². The molecule has 0 spiro atoms. The number of para-hydroxylation sites is 1. The number of aromatic nitrogens is 1. The van der Waals surface area contributed by atoms with Gasteiger partial charge in [0, 0.05) is 10.9 Å². The van der Waals surface area contributed by atoms with Crippen molar-refractivity contribution in [1.29, 1.82) is 0 Å². The van der Waals surface area contributed by atoms with Gasteiger partial charge in [0.1, 0.15) is 0 Å². The summed E-state index contributed by atoms with van der Waals surface area (Å²) in [5.41, 5.74) is 0.864. The van der Waals surface area contributed by atoms with Crippen molar-refractivity contribution in [3.63, 3.8) is 0 Å². The van der Waals surface area contributed by atoms with Gasteiger partial charge in [-0.25, -0.2) is 4.98 Å². The number of hydrogen-bond acceptors (Lipinski definition) is 8. The molecule has 0 saturated carbocycles. The van der Waals surface area contributed by atoms with Crippen molar-refractivity contribution in [3.05, 3.63) is 56.3 Å². The third-order valence-corrected chi connectivity index (χ3v) is 6.02. The molecule has 1 fully saturated rings. The van der Waals surface area contributed by atoms with Crippen molar-refractivity contribution >= 4 is 71.9 Å². The highest BCUT2D eigenvalue weighted by Crippen LogP contribution is 2.33. The van der Waals surface area contributed by atoms with E-state index in [0.29, 0.717) is 20.1 Å². The molecule has 10 heteroatoms. The summed E-state index contributed by atoms with van der Waals surface area (Å²) in [5.74, 6) is -0.277. The summed E-state index contributed by atoms with van der Waals surface area (Å²) in [4.78, 5) is 32.2. The number of carbonyl (C=O) groups excluding carboxylic acids is 1. The predicted molar refractivity (Wildman–Crippen MR) is 101 cm³/mol. The fraction of sp³-hybridized carbons (Fsp3) is 0. The Morgan fingerprint density at radius 2 is 2.04 bits per heavy atom. The molecule has 0 unspecified atom stereocenters. The summed E-state index contributed by atoms with van der Waals surface area (Å²) >= 11 is 3.65. The van der Waals surface area contributed by atoms with Crippen molar-refractivity contribution in [2.45, 2.75) is 0 Å². The molecule has 1 N–H and O–H groups in total. The zero-order valence-corrected chi connectivity index (χ0v) is 14.8. The third kappa shape index (κ3) is 3.31. The van der Waals surface area contributed by atoms with E-state index in [2.05, 4.69) is 15.3 Å². The van der Waals surface area contributed by atoms with Crippen LogP contribution in [0.5, 0.6) is 0 Å². The van der Waals surface area contributed by atoms with Crippen LogP contribution in [0.3, 0.4) is 0 Å². The monoisotopic (exact) mass is 388 g/mol. The number of thioether (sulfide) groups is 1. The van der Waals surface area contributed by atoms with Crippen LogP contribution in [0.4, 0.5) is 10.1 Å². The molecule has 0 aliphatic carbocycles. The quantitative estimate of drug-likeness (QED) is 0.413. The first-order chi connectivity index (χ1) is 12.1. The first-order valence-corrected chi connectivity index (χ1v) is 9.43. The largest absolute Gasteiger partial charge is 0.324 e. The topological polar surface area (TPSA) is 97.5 Å². The fourth-order valence-corrected chi connectivity index (χ4v) is 4.68. The lowest BCUT2D eigenvalue weighted by Gasteiger charge is -1.90. The molecular weight excluding hydrogens is 380 g/mol. The van der Waals surface area contributed by atoms with Crippen molar-refractivity contribution in [2.75, 3.05) is 0 Å². The second-order valence-corrected chi connectivity index (χ2v) is 8.01. The molecule has 2 aromatic heterocycles. The Kier molecular flexibility index (Phi) is 4.07. The van der Waals surface area contributed by atoms with Crippen LogP contribution >= 0.6 is 34.4 Å². The summed E-state index contributed by atoms with van der Waals surface area (Å²) in [7, 11) is 0. The number of aliphatic imine (C=N–C) groups is 1. The molecule has 3 aromatic rings. The molecule has 0 bridgehead atoms. The van der Waals surface area contributed by atoms with Crippen LogP contribution in [0, 0.1) is 10.1 Å². The summed E-state index contributed by atoms with van der Waals surface area (Å²) in [6.45, 7) is 0. The Balaban J connectivity index is 1.58. The van der Waals surface area contributed by atoms with Gasteiger partial charge in [-0.05, 0) is 36.0 Å². The van der Waals surface area contributed by atoms with Crippen molar-refractivity contribution in [1.82, 2.24) is 10.3 Å². The summed E-state index contributed by atoms with van der Waals surface area (Å²) in [5, 5.41) is 14.5. The van der Waals surface area contributed by atoms with Crippen LogP contribution in [-0.2, 0) is 4.79 Å². The van der Waals surface area contributed by atoms with Gasteiger partial charge >= 0.3 is 5.00 Å². The third-order valence-electron chi connectivity index (χ3n) is 3.20. The zero-order valence-electron chi connectivity index (χ0n) is 12.3. The number of thiophene rings is 1. The van der Waals surface area contributed by atoms with E-state index in [9.17, 15) is 14.9 Å². The number of amidine groups is 1. The van der Waals surface area contributed by atoms with Gasteiger partial charge in [0.05, 0.1) is 20.0 Å². The smallest absolute Gasteiger partial charge is 0.300 e. The van der Waals surface area contributed by atoms with Crippen LogP contribution in [0.15, 0.2) is 46.3 Å². The highest BCUT2D eigenvalue weighted by Gasteiger charge is 2.25. The van der Waals surface area contributed by atoms with Gasteiger partial charge in [0.15, 0.2) is 5.17 Å². The first kappa shape index (κ1) is 15.9. The number of nitro groups is 1. The second-order valence-electron chi connectivity index (χ2n) is 4.88. The summed E-state index contributed by atoms with van der Waals surface area (Å²) < 4.78 is 1.03. The molecule has 1 aromatic carbocycles. The van der Waals surface area contributed by atoms with E-state index >= 15 is 0 Å². The number of benzene rings is 1. The molecule has 7 nitrogen and oxygen atoms in total. The Bertz CT molecular complexity index is 1030. The number of hydrogen-bond donors (Lipinski definition) is 1. The average Bonchev–Trinajstić information content (AvgIpc) is 3.27. The number of amides is 1.